The quantitative estimate of drug-likeness (QED) is 0.397. The zero-order valence-electron chi connectivity index (χ0n) is 19.8. The zero-order valence-corrected chi connectivity index (χ0v) is 19.8. The lowest BCUT2D eigenvalue weighted by molar-refractivity contribution is -0.133. The first-order chi connectivity index (χ1) is 17.3. The Morgan fingerprint density at radius 3 is 2.53 bits per heavy atom. The van der Waals surface area contributed by atoms with Crippen LogP contribution in [-0.2, 0) is 15.1 Å². The lowest BCUT2D eigenvalue weighted by Gasteiger charge is -2.22. The van der Waals surface area contributed by atoms with E-state index in [1.165, 1.54) is 11.0 Å². The van der Waals surface area contributed by atoms with Crippen LogP contribution in [0, 0.1) is 13.8 Å². The number of nitrogens with one attached hydrogen (secondary N) is 2. The summed E-state index contributed by atoms with van der Waals surface area (Å²) in [6.07, 6.45) is 1.43. The Kier molecular flexibility index (Phi) is 5.55. The van der Waals surface area contributed by atoms with Crippen LogP contribution in [0.4, 0.5) is 10.5 Å². The van der Waals surface area contributed by atoms with E-state index < -0.39 is 29.9 Å². The number of para-hydroxylation sites is 1. The molecule has 1 fully saturated rings. The smallest absolute Gasteiger partial charge is 0.321 e. The minimum atomic E-state index is -1.36. The molecule has 3 heterocycles. The second-order valence-electron chi connectivity index (χ2n) is 8.59. The van der Waals surface area contributed by atoms with Gasteiger partial charge in [0.25, 0.3) is 5.91 Å². The van der Waals surface area contributed by atoms with Crippen molar-refractivity contribution >= 4 is 23.5 Å². The molecule has 2 N–H and O–H groups in total. The van der Waals surface area contributed by atoms with Crippen molar-refractivity contribution in [3.05, 3.63) is 77.9 Å². The van der Waals surface area contributed by atoms with Gasteiger partial charge in [-0.1, -0.05) is 30.3 Å². The van der Waals surface area contributed by atoms with Gasteiger partial charge in [0.15, 0.2) is 0 Å². The molecule has 1 aliphatic rings. The Labute approximate surface area is 205 Å². The first-order valence-electron chi connectivity index (χ1n) is 11.2. The summed E-state index contributed by atoms with van der Waals surface area (Å²) in [6.45, 7) is 4.78. The van der Waals surface area contributed by atoms with E-state index in [1.807, 2.05) is 37.3 Å². The van der Waals surface area contributed by atoms with Gasteiger partial charge in [-0.3, -0.25) is 14.5 Å². The predicted octanol–water partition coefficient (Wildman–Crippen LogP) is 1.87. The van der Waals surface area contributed by atoms with E-state index in [0.29, 0.717) is 22.6 Å². The lowest BCUT2D eigenvalue weighted by Crippen LogP contribution is -2.42. The van der Waals surface area contributed by atoms with Gasteiger partial charge >= 0.3 is 6.03 Å². The van der Waals surface area contributed by atoms with Gasteiger partial charge in [0.1, 0.15) is 18.4 Å². The highest BCUT2D eigenvalue weighted by Crippen LogP contribution is 2.30. The minimum absolute atomic E-state index is 0.442. The Bertz CT molecular complexity index is 1460. The molecule has 5 rings (SSSR count). The number of hydrogen-bond acceptors (Lipinski definition) is 7. The van der Waals surface area contributed by atoms with Crippen LogP contribution in [-0.4, -0.2) is 59.3 Å². The Morgan fingerprint density at radius 1 is 1.06 bits per heavy atom. The van der Waals surface area contributed by atoms with E-state index >= 15 is 0 Å². The van der Waals surface area contributed by atoms with Crippen LogP contribution in [0.3, 0.4) is 0 Å². The highest BCUT2D eigenvalue weighted by Gasteiger charge is 2.49. The maximum Gasteiger partial charge on any atom is 0.325 e. The SMILES string of the molecule is Cc1nn(-c2ccccc2)c(C)c1NC(=O)CN1C(=O)N[C@@](C)(c2cccc(-n3cnnn3)c2)C1=O. The third-order valence-corrected chi connectivity index (χ3v) is 6.17. The van der Waals surface area contributed by atoms with Crippen molar-refractivity contribution in [3.63, 3.8) is 0 Å². The van der Waals surface area contributed by atoms with E-state index in [9.17, 15) is 14.4 Å². The fraction of sp³-hybridized carbons (Fsp3) is 0.208. The van der Waals surface area contributed by atoms with E-state index in [4.69, 9.17) is 0 Å². The van der Waals surface area contributed by atoms with E-state index in [2.05, 4.69) is 31.3 Å². The number of amides is 4. The van der Waals surface area contributed by atoms with Gasteiger partial charge < -0.3 is 10.6 Å². The molecule has 2 aromatic heterocycles. The van der Waals surface area contributed by atoms with Crippen molar-refractivity contribution in [2.75, 3.05) is 11.9 Å². The van der Waals surface area contributed by atoms with Crippen molar-refractivity contribution < 1.29 is 14.4 Å². The summed E-state index contributed by atoms with van der Waals surface area (Å²) in [5, 5.41) is 21.1. The molecule has 0 unspecified atom stereocenters. The van der Waals surface area contributed by atoms with Crippen molar-refractivity contribution in [1.29, 1.82) is 0 Å². The number of anilines is 1. The third-order valence-electron chi connectivity index (χ3n) is 6.17. The van der Waals surface area contributed by atoms with Crippen molar-refractivity contribution in [3.8, 4) is 11.4 Å². The van der Waals surface area contributed by atoms with Gasteiger partial charge in [0, 0.05) is 0 Å². The van der Waals surface area contributed by atoms with Gasteiger partial charge in [0.2, 0.25) is 5.91 Å². The highest BCUT2D eigenvalue weighted by molar-refractivity contribution is 6.10. The standard InChI is InChI=1S/C24H23N9O3/c1-15-21(16(2)33(28-15)18-9-5-4-6-10-18)26-20(34)13-31-22(35)24(3,27-23(31)36)17-8-7-11-19(12-17)32-14-25-29-30-32/h4-12,14H,13H2,1-3H3,(H,26,34)(H,27,36)/t24-/m0/s1. The van der Waals surface area contributed by atoms with E-state index in [-0.39, 0.29) is 0 Å². The molecular formula is C24H23N9O3. The van der Waals surface area contributed by atoms with Gasteiger partial charge in [-0.25, -0.2) is 14.2 Å². The number of rotatable bonds is 6. The van der Waals surface area contributed by atoms with Crippen LogP contribution < -0.4 is 10.6 Å². The molecular weight excluding hydrogens is 462 g/mol. The summed E-state index contributed by atoms with van der Waals surface area (Å²) < 4.78 is 3.17. The second-order valence-corrected chi connectivity index (χ2v) is 8.59. The summed E-state index contributed by atoms with van der Waals surface area (Å²) in [5.74, 6) is -1.05. The number of carbonyl (C=O) groups excluding carboxylic acids is 3. The maximum atomic E-state index is 13.3. The van der Waals surface area contributed by atoms with Crippen LogP contribution in [0.5, 0.6) is 0 Å². The average molecular weight is 486 g/mol. The molecule has 2 aromatic carbocycles. The average Bonchev–Trinajstić information content (AvgIpc) is 3.57. The summed E-state index contributed by atoms with van der Waals surface area (Å²) in [4.78, 5) is 39.9. The normalized spacial score (nSPS) is 17.4. The summed E-state index contributed by atoms with van der Waals surface area (Å²) >= 11 is 0. The molecule has 1 atom stereocenters. The van der Waals surface area contributed by atoms with Crippen molar-refractivity contribution in [1.82, 2.24) is 40.2 Å². The van der Waals surface area contributed by atoms with Crippen molar-refractivity contribution in [2.24, 2.45) is 0 Å². The van der Waals surface area contributed by atoms with Crippen LogP contribution in [0.15, 0.2) is 60.9 Å². The Morgan fingerprint density at radius 2 is 1.81 bits per heavy atom. The molecule has 4 amide bonds. The minimum Gasteiger partial charge on any atom is -0.321 e. The largest absolute Gasteiger partial charge is 0.325 e. The highest BCUT2D eigenvalue weighted by atomic mass is 16.2. The number of benzene rings is 2. The number of hydrogen-bond donors (Lipinski definition) is 2. The number of urea groups is 1. The van der Waals surface area contributed by atoms with Crippen LogP contribution in [0.25, 0.3) is 11.4 Å². The summed E-state index contributed by atoms with van der Waals surface area (Å²) in [5.41, 5.74) is 2.54. The Hall–Kier alpha value is -4.87. The van der Waals surface area contributed by atoms with Gasteiger partial charge in [-0.15, -0.1) is 5.10 Å². The van der Waals surface area contributed by atoms with Gasteiger partial charge in [-0.05, 0) is 61.0 Å². The number of aromatic nitrogens is 6. The van der Waals surface area contributed by atoms with Crippen LogP contribution in [0.1, 0.15) is 23.9 Å². The molecule has 0 radical (unpaired) electrons. The molecule has 36 heavy (non-hydrogen) atoms. The number of tetrazole rings is 1. The number of nitrogens with zero attached hydrogens (tertiary/aromatic N) is 7. The van der Waals surface area contributed by atoms with Crippen LogP contribution in [0.2, 0.25) is 0 Å². The monoisotopic (exact) mass is 485 g/mol. The number of imide groups is 1. The summed E-state index contributed by atoms with van der Waals surface area (Å²) in [6, 6.07) is 15.8. The fourth-order valence-corrected chi connectivity index (χ4v) is 4.24. The van der Waals surface area contributed by atoms with E-state index in [1.54, 1.807) is 42.8 Å². The number of aryl methyl sites for hydroxylation is 1. The molecule has 1 saturated heterocycles. The first-order valence-corrected chi connectivity index (χ1v) is 11.2. The molecule has 182 valence electrons. The first kappa shape index (κ1) is 22.9. The van der Waals surface area contributed by atoms with Crippen LogP contribution >= 0.6 is 0 Å². The topological polar surface area (TPSA) is 140 Å². The fourth-order valence-electron chi connectivity index (χ4n) is 4.24. The molecule has 0 aliphatic carbocycles. The lowest BCUT2D eigenvalue weighted by atomic mass is 9.91. The third kappa shape index (κ3) is 3.87. The Balaban J connectivity index is 1.34. The van der Waals surface area contributed by atoms with Gasteiger partial charge in [0.05, 0.1) is 28.5 Å². The molecule has 0 saturated carbocycles. The molecule has 12 nitrogen and oxygen atoms in total. The molecule has 0 spiro atoms. The molecule has 1 aliphatic heterocycles. The second kappa shape index (κ2) is 8.73. The van der Waals surface area contributed by atoms with Gasteiger partial charge in [-0.2, -0.15) is 5.10 Å². The molecule has 12 heteroatoms. The maximum absolute atomic E-state index is 13.3. The molecule has 0 bridgehead atoms. The van der Waals surface area contributed by atoms with E-state index in [0.717, 1.165) is 16.3 Å². The van der Waals surface area contributed by atoms with Crippen molar-refractivity contribution in [2.45, 2.75) is 26.3 Å². The predicted molar refractivity (Wildman–Crippen MR) is 128 cm³/mol. The zero-order chi connectivity index (χ0) is 25.4. The number of carbonyl (C=O) groups is 3. The summed E-state index contributed by atoms with van der Waals surface area (Å²) in [7, 11) is 0. The molecule has 4 aromatic rings.